The minimum atomic E-state index is -0.663. The molecule has 1 atom stereocenters. The minimum absolute atomic E-state index is 0.0497. The number of anilines is 1. The summed E-state index contributed by atoms with van der Waals surface area (Å²) in [5, 5.41) is 18.3. The summed E-state index contributed by atoms with van der Waals surface area (Å²) in [6.45, 7) is 3.35. The van der Waals surface area contributed by atoms with Crippen LogP contribution in [0.2, 0.25) is 0 Å². The van der Waals surface area contributed by atoms with Gasteiger partial charge >= 0.3 is 0 Å². The highest BCUT2D eigenvalue weighted by Crippen LogP contribution is 2.14. The number of methoxy groups -OCH3 is 1. The second-order valence-electron chi connectivity index (χ2n) is 5.82. The smallest absolute Gasteiger partial charge is 0.225 e. The van der Waals surface area contributed by atoms with Crippen molar-refractivity contribution in [1.29, 1.82) is 5.26 Å². The van der Waals surface area contributed by atoms with Crippen LogP contribution in [-0.2, 0) is 14.3 Å². The number of nitrogens with zero attached hydrogens (tertiary/aromatic N) is 4. The van der Waals surface area contributed by atoms with Crippen molar-refractivity contribution in [2.75, 3.05) is 58.0 Å². The monoisotopic (exact) mass is 348 g/mol. The highest BCUT2D eigenvalue weighted by Gasteiger charge is 2.21. The van der Waals surface area contributed by atoms with Crippen LogP contribution in [0.5, 0.6) is 0 Å². The largest absolute Gasteiger partial charge is 0.388 e. The first-order valence-corrected chi connectivity index (χ1v) is 8.27. The molecule has 0 aromatic carbocycles. The number of aromatic nitrogens is 1. The van der Waals surface area contributed by atoms with E-state index < -0.39 is 6.10 Å². The van der Waals surface area contributed by atoms with Gasteiger partial charge in [-0.05, 0) is 12.1 Å². The lowest BCUT2D eigenvalue weighted by Gasteiger charge is -2.35. The van der Waals surface area contributed by atoms with E-state index in [1.807, 2.05) is 17.0 Å². The molecular formula is C17H24N4O4. The molecule has 1 aliphatic heterocycles. The van der Waals surface area contributed by atoms with Gasteiger partial charge in [-0.25, -0.2) is 4.98 Å². The molecule has 1 amide bonds. The summed E-state index contributed by atoms with van der Waals surface area (Å²) in [4.78, 5) is 20.4. The highest BCUT2D eigenvalue weighted by atomic mass is 16.5. The first-order valence-electron chi connectivity index (χ1n) is 8.27. The van der Waals surface area contributed by atoms with Crippen molar-refractivity contribution in [1.82, 2.24) is 9.88 Å². The summed E-state index contributed by atoms with van der Waals surface area (Å²) in [5.41, 5.74) is 0.535. The van der Waals surface area contributed by atoms with E-state index in [0.717, 1.165) is 5.82 Å². The maximum absolute atomic E-state index is 12.2. The maximum atomic E-state index is 12.2. The molecule has 1 fully saturated rings. The average molecular weight is 348 g/mol. The molecule has 136 valence electrons. The standard InChI is InChI=1S/C17H24N4O4/c1-24-12-15(22)13-25-9-4-17(23)21-7-5-20(6-8-21)16-3-2-14(10-18)11-19-16/h2-3,11,15,22H,4-9,12-13H2,1H3. The molecule has 1 aliphatic rings. The Kier molecular flexibility index (Phi) is 7.60. The molecule has 1 saturated heterocycles. The number of hydrogen-bond acceptors (Lipinski definition) is 7. The number of rotatable bonds is 8. The molecule has 25 heavy (non-hydrogen) atoms. The number of piperazine rings is 1. The molecule has 1 aromatic heterocycles. The van der Waals surface area contributed by atoms with E-state index in [4.69, 9.17) is 14.7 Å². The summed E-state index contributed by atoms with van der Waals surface area (Å²) in [6.07, 6.45) is 1.19. The number of pyridine rings is 1. The third-order valence-corrected chi connectivity index (χ3v) is 3.96. The molecule has 1 aromatic rings. The summed E-state index contributed by atoms with van der Waals surface area (Å²) in [5.74, 6) is 0.871. The third kappa shape index (κ3) is 5.98. The average Bonchev–Trinajstić information content (AvgIpc) is 2.65. The number of hydrogen-bond donors (Lipinski definition) is 1. The number of ether oxygens (including phenoxy) is 2. The lowest BCUT2D eigenvalue weighted by molar-refractivity contribution is -0.133. The first kappa shape index (κ1) is 19.1. The summed E-state index contributed by atoms with van der Waals surface area (Å²) >= 11 is 0. The molecule has 0 spiro atoms. The van der Waals surface area contributed by atoms with Crippen LogP contribution in [0.3, 0.4) is 0 Å². The third-order valence-electron chi connectivity index (χ3n) is 3.96. The number of nitriles is 1. The Morgan fingerprint density at radius 1 is 1.36 bits per heavy atom. The van der Waals surface area contributed by atoms with Crippen LogP contribution < -0.4 is 4.90 Å². The van der Waals surface area contributed by atoms with Crippen molar-refractivity contribution in [2.24, 2.45) is 0 Å². The Bertz CT molecular complexity index is 579. The van der Waals surface area contributed by atoms with Gasteiger partial charge in [0.2, 0.25) is 5.91 Å². The van der Waals surface area contributed by atoms with Crippen molar-refractivity contribution >= 4 is 11.7 Å². The number of aliphatic hydroxyl groups excluding tert-OH is 1. The van der Waals surface area contributed by atoms with E-state index in [0.29, 0.717) is 38.2 Å². The van der Waals surface area contributed by atoms with Crippen molar-refractivity contribution in [3.05, 3.63) is 23.9 Å². The number of carbonyl (C=O) groups excluding carboxylic acids is 1. The Morgan fingerprint density at radius 2 is 2.12 bits per heavy atom. The molecule has 0 aliphatic carbocycles. The Morgan fingerprint density at radius 3 is 2.72 bits per heavy atom. The Hall–Kier alpha value is -2.21. The van der Waals surface area contributed by atoms with Gasteiger partial charge in [0.15, 0.2) is 0 Å². The van der Waals surface area contributed by atoms with Gasteiger partial charge in [0.1, 0.15) is 18.0 Å². The molecule has 0 saturated carbocycles. The second-order valence-corrected chi connectivity index (χ2v) is 5.82. The molecule has 0 bridgehead atoms. The van der Waals surface area contributed by atoms with Gasteiger partial charge in [0.05, 0.1) is 31.8 Å². The predicted molar refractivity (Wildman–Crippen MR) is 91.1 cm³/mol. The van der Waals surface area contributed by atoms with Gasteiger partial charge in [-0.1, -0.05) is 0 Å². The summed E-state index contributed by atoms with van der Waals surface area (Å²) < 4.78 is 10.1. The fraction of sp³-hybridized carbons (Fsp3) is 0.588. The van der Waals surface area contributed by atoms with Crippen LogP contribution in [0.1, 0.15) is 12.0 Å². The predicted octanol–water partition coefficient (Wildman–Crippen LogP) is 0.0159. The molecule has 1 unspecified atom stereocenters. The zero-order chi connectivity index (χ0) is 18.1. The molecular weight excluding hydrogens is 324 g/mol. The molecule has 8 nitrogen and oxygen atoms in total. The van der Waals surface area contributed by atoms with Gasteiger partial charge in [-0.2, -0.15) is 5.26 Å². The summed E-state index contributed by atoms with van der Waals surface area (Å²) in [7, 11) is 1.51. The van der Waals surface area contributed by atoms with E-state index >= 15 is 0 Å². The first-order chi connectivity index (χ1) is 12.1. The maximum Gasteiger partial charge on any atom is 0.225 e. The van der Waals surface area contributed by atoms with Crippen LogP contribution in [0.25, 0.3) is 0 Å². The topological polar surface area (TPSA) is 98.9 Å². The number of carbonyl (C=O) groups is 1. The van der Waals surface area contributed by atoms with Crippen molar-refractivity contribution in [3.8, 4) is 6.07 Å². The van der Waals surface area contributed by atoms with Crippen LogP contribution >= 0.6 is 0 Å². The molecule has 2 heterocycles. The Balaban J connectivity index is 1.68. The van der Waals surface area contributed by atoms with Gasteiger partial charge in [-0.15, -0.1) is 0 Å². The van der Waals surface area contributed by atoms with E-state index in [1.54, 1.807) is 12.3 Å². The van der Waals surface area contributed by atoms with Gasteiger partial charge in [-0.3, -0.25) is 4.79 Å². The fourth-order valence-electron chi connectivity index (χ4n) is 2.60. The van der Waals surface area contributed by atoms with Crippen LogP contribution in [-0.4, -0.2) is 80.1 Å². The van der Waals surface area contributed by atoms with Gasteiger partial charge in [0, 0.05) is 39.5 Å². The van der Waals surface area contributed by atoms with Crippen LogP contribution in [0.15, 0.2) is 18.3 Å². The van der Waals surface area contributed by atoms with E-state index in [9.17, 15) is 9.90 Å². The minimum Gasteiger partial charge on any atom is -0.388 e. The number of amides is 1. The quantitative estimate of drug-likeness (QED) is 0.661. The fourth-order valence-corrected chi connectivity index (χ4v) is 2.60. The SMILES string of the molecule is COCC(O)COCCC(=O)N1CCN(c2ccc(C#N)cn2)CC1. The van der Waals surface area contributed by atoms with Crippen molar-refractivity contribution in [2.45, 2.75) is 12.5 Å². The van der Waals surface area contributed by atoms with E-state index in [1.165, 1.54) is 7.11 Å². The van der Waals surface area contributed by atoms with Gasteiger partial charge in [0.25, 0.3) is 0 Å². The van der Waals surface area contributed by atoms with E-state index in [-0.39, 0.29) is 25.7 Å². The zero-order valence-electron chi connectivity index (χ0n) is 14.4. The highest BCUT2D eigenvalue weighted by molar-refractivity contribution is 5.76. The molecule has 0 radical (unpaired) electrons. The van der Waals surface area contributed by atoms with Gasteiger partial charge < -0.3 is 24.4 Å². The second kappa shape index (κ2) is 9.93. The molecule has 1 N–H and O–H groups in total. The van der Waals surface area contributed by atoms with Crippen LogP contribution in [0.4, 0.5) is 5.82 Å². The van der Waals surface area contributed by atoms with E-state index in [2.05, 4.69) is 9.88 Å². The normalized spacial score (nSPS) is 15.7. The summed E-state index contributed by atoms with van der Waals surface area (Å²) in [6, 6.07) is 5.62. The van der Waals surface area contributed by atoms with Crippen molar-refractivity contribution in [3.63, 3.8) is 0 Å². The van der Waals surface area contributed by atoms with Crippen LogP contribution in [0, 0.1) is 11.3 Å². The zero-order valence-corrected chi connectivity index (χ0v) is 14.4. The lowest BCUT2D eigenvalue weighted by atomic mass is 10.2. The molecule has 2 rings (SSSR count). The Labute approximate surface area is 147 Å². The van der Waals surface area contributed by atoms with Crippen molar-refractivity contribution < 1.29 is 19.4 Å². The lowest BCUT2D eigenvalue weighted by Crippen LogP contribution is -2.49. The number of aliphatic hydroxyl groups is 1. The molecule has 8 heteroatoms.